The van der Waals surface area contributed by atoms with Crippen LogP contribution in [0.25, 0.3) is 10.9 Å². The average Bonchev–Trinajstić information content (AvgIpc) is 3.34. The Morgan fingerprint density at radius 3 is 3.00 bits per heavy atom. The lowest BCUT2D eigenvalue weighted by Gasteiger charge is -2.21. The van der Waals surface area contributed by atoms with Crippen molar-refractivity contribution in [3.63, 3.8) is 0 Å². The lowest BCUT2D eigenvalue weighted by Crippen LogP contribution is -2.33. The fourth-order valence-electron chi connectivity index (χ4n) is 3.64. The van der Waals surface area contributed by atoms with Gasteiger partial charge in [-0.3, -0.25) is 9.78 Å². The van der Waals surface area contributed by atoms with Crippen LogP contribution in [-0.2, 0) is 6.54 Å². The zero-order valence-corrected chi connectivity index (χ0v) is 16.4. The van der Waals surface area contributed by atoms with Gasteiger partial charge in [-0.15, -0.1) is 0 Å². The van der Waals surface area contributed by atoms with Crippen molar-refractivity contribution in [1.29, 1.82) is 0 Å². The van der Waals surface area contributed by atoms with E-state index in [9.17, 15) is 4.79 Å². The van der Waals surface area contributed by atoms with E-state index in [-0.39, 0.29) is 11.7 Å². The number of aromatic nitrogens is 4. The second kappa shape index (κ2) is 7.55. The summed E-state index contributed by atoms with van der Waals surface area (Å²) in [4.78, 5) is 30.6. The zero-order chi connectivity index (χ0) is 19.7. The Balaban J connectivity index is 1.44. The summed E-state index contributed by atoms with van der Waals surface area (Å²) in [6.45, 7) is 6.46. The van der Waals surface area contributed by atoms with Crippen LogP contribution in [0.2, 0.25) is 0 Å². The van der Waals surface area contributed by atoms with Crippen molar-refractivity contribution in [2.45, 2.75) is 32.9 Å². The summed E-state index contributed by atoms with van der Waals surface area (Å²) < 4.78 is 0. The molecular weight excluding hydrogens is 354 g/mol. The molecule has 1 aliphatic rings. The molecular formula is C20H25N7O. The molecule has 1 fully saturated rings. The second-order valence-corrected chi connectivity index (χ2v) is 7.23. The molecule has 0 radical (unpaired) electrons. The molecule has 4 heterocycles. The minimum Gasteiger partial charge on any atom is -0.357 e. The van der Waals surface area contributed by atoms with Crippen LogP contribution in [0, 0.1) is 13.8 Å². The van der Waals surface area contributed by atoms with Gasteiger partial charge in [0.15, 0.2) is 0 Å². The van der Waals surface area contributed by atoms with Crippen LogP contribution in [-0.4, -0.2) is 52.0 Å². The fraction of sp³-hybridized carbons (Fsp3) is 0.400. The largest absolute Gasteiger partial charge is 0.357 e. The first kappa shape index (κ1) is 18.4. The highest BCUT2D eigenvalue weighted by molar-refractivity contribution is 5.90. The first-order chi connectivity index (χ1) is 13.5. The third-order valence-electron chi connectivity index (χ3n) is 5.34. The number of hydrogen-bond acceptors (Lipinski definition) is 6. The summed E-state index contributed by atoms with van der Waals surface area (Å²) in [6.07, 6.45) is 4.69. The Morgan fingerprint density at radius 2 is 2.21 bits per heavy atom. The van der Waals surface area contributed by atoms with Crippen molar-refractivity contribution >= 4 is 22.6 Å². The zero-order valence-electron chi connectivity index (χ0n) is 16.4. The van der Waals surface area contributed by atoms with Crippen molar-refractivity contribution in [3.05, 3.63) is 47.3 Å². The quantitative estimate of drug-likeness (QED) is 0.624. The molecule has 8 nitrogen and oxygen atoms in total. The number of carbonyl (C=O) groups excluding carboxylic acids is 1. The van der Waals surface area contributed by atoms with E-state index in [0.717, 1.165) is 59.7 Å². The summed E-state index contributed by atoms with van der Waals surface area (Å²) >= 11 is 0. The van der Waals surface area contributed by atoms with E-state index in [4.69, 9.17) is 0 Å². The molecule has 0 spiro atoms. The number of anilines is 1. The molecule has 0 bridgehead atoms. The molecule has 28 heavy (non-hydrogen) atoms. The predicted octanol–water partition coefficient (Wildman–Crippen LogP) is 1.70. The van der Waals surface area contributed by atoms with Gasteiger partial charge < -0.3 is 20.5 Å². The van der Waals surface area contributed by atoms with E-state index in [1.165, 1.54) is 0 Å². The van der Waals surface area contributed by atoms with Gasteiger partial charge in [-0.2, -0.15) is 0 Å². The van der Waals surface area contributed by atoms with Gasteiger partial charge in [0.1, 0.15) is 5.82 Å². The third-order valence-corrected chi connectivity index (χ3v) is 5.34. The summed E-state index contributed by atoms with van der Waals surface area (Å²) in [6, 6.07) is 4.48. The van der Waals surface area contributed by atoms with Crippen LogP contribution in [0.3, 0.4) is 0 Å². The van der Waals surface area contributed by atoms with E-state index < -0.39 is 0 Å². The topological polar surface area (TPSA) is 98.8 Å². The Labute approximate surface area is 163 Å². The van der Waals surface area contributed by atoms with Gasteiger partial charge >= 0.3 is 0 Å². The third kappa shape index (κ3) is 3.55. The molecule has 1 atom stereocenters. The lowest BCUT2D eigenvalue weighted by atomic mass is 10.2. The highest BCUT2D eigenvalue weighted by atomic mass is 16.2. The lowest BCUT2D eigenvalue weighted by molar-refractivity contribution is 0.0952. The Bertz CT molecular complexity index is 980. The molecule has 0 unspecified atom stereocenters. The number of fused-ring (bicyclic) bond motifs is 1. The minimum absolute atomic E-state index is 0.226. The number of rotatable bonds is 5. The molecule has 4 rings (SSSR count). The molecule has 1 aliphatic heterocycles. The summed E-state index contributed by atoms with van der Waals surface area (Å²) in [5.41, 5.74) is 4.12. The van der Waals surface area contributed by atoms with Gasteiger partial charge in [-0.25, -0.2) is 9.97 Å². The Kier molecular flexibility index (Phi) is 4.95. The number of amides is 1. The van der Waals surface area contributed by atoms with E-state index in [2.05, 4.69) is 41.5 Å². The second-order valence-electron chi connectivity index (χ2n) is 7.23. The summed E-state index contributed by atoms with van der Waals surface area (Å²) in [5.74, 6) is 0.822. The normalized spacial score (nSPS) is 16.7. The molecule has 1 amide bonds. The van der Waals surface area contributed by atoms with Crippen LogP contribution in [0.4, 0.5) is 5.82 Å². The van der Waals surface area contributed by atoms with Crippen molar-refractivity contribution in [1.82, 2.24) is 30.6 Å². The van der Waals surface area contributed by atoms with Gasteiger partial charge in [-0.1, -0.05) is 0 Å². The smallest absolute Gasteiger partial charge is 0.288 e. The number of nitrogens with one attached hydrogen (secondary N) is 3. The monoisotopic (exact) mass is 379 g/mol. The van der Waals surface area contributed by atoms with Crippen LogP contribution >= 0.6 is 0 Å². The van der Waals surface area contributed by atoms with Crippen LogP contribution in [0.5, 0.6) is 0 Å². The Morgan fingerprint density at radius 1 is 1.36 bits per heavy atom. The number of H-pyrrole nitrogens is 1. The number of carbonyl (C=O) groups is 1. The molecule has 3 N–H and O–H groups in total. The van der Waals surface area contributed by atoms with Crippen molar-refractivity contribution < 1.29 is 4.79 Å². The highest BCUT2D eigenvalue weighted by Gasteiger charge is 2.26. The molecule has 146 valence electrons. The molecule has 0 aromatic carbocycles. The van der Waals surface area contributed by atoms with E-state index in [1.54, 1.807) is 13.2 Å². The van der Waals surface area contributed by atoms with Crippen LogP contribution in [0.1, 0.15) is 34.0 Å². The maximum absolute atomic E-state index is 12.0. The standard InChI is InChI=1S/C20H25N7O/c1-12-13(2)24-18(20(28)21-3)26-19(12)27-7-5-15(11-27)23-10-16-8-14-9-22-6-4-17(14)25-16/h4,6,8-9,15,23,25H,5,7,10-11H2,1-3H3,(H,21,28)/t15-/m1/s1. The minimum atomic E-state index is -0.258. The van der Waals surface area contributed by atoms with Crippen molar-refractivity contribution in [2.75, 3.05) is 25.0 Å². The van der Waals surface area contributed by atoms with Crippen LogP contribution in [0.15, 0.2) is 24.5 Å². The van der Waals surface area contributed by atoms with Gasteiger partial charge in [0, 0.05) is 73.0 Å². The first-order valence-corrected chi connectivity index (χ1v) is 9.52. The highest BCUT2D eigenvalue weighted by Crippen LogP contribution is 2.24. The first-order valence-electron chi connectivity index (χ1n) is 9.52. The fourth-order valence-corrected chi connectivity index (χ4v) is 3.64. The number of aryl methyl sites for hydroxylation is 1. The SMILES string of the molecule is CNC(=O)c1nc(C)c(C)c(N2CC[C@@H](NCc3cc4cnccc4[nH]3)C2)n1. The average molecular weight is 379 g/mol. The van der Waals surface area contributed by atoms with E-state index in [1.807, 2.05) is 26.1 Å². The molecule has 0 aliphatic carbocycles. The summed E-state index contributed by atoms with van der Waals surface area (Å²) in [5, 5.41) is 7.35. The number of nitrogens with zero attached hydrogens (tertiary/aromatic N) is 4. The molecule has 3 aromatic rings. The maximum Gasteiger partial charge on any atom is 0.288 e. The predicted molar refractivity (Wildman–Crippen MR) is 108 cm³/mol. The number of aromatic amines is 1. The molecule has 0 saturated carbocycles. The van der Waals surface area contributed by atoms with Gasteiger partial charge in [0.25, 0.3) is 5.91 Å². The van der Waals surface area contributed by atoms with Crippen LogP contribution < -0.4 is 15.5 Å². The Hall–Kier alpha value is -3.00. The van der Waals surface area contributed by atoms with E-state index >= 15 is 0 Å². The van der Waals surface area contributed by atoms with E-state index in [0.29, 0.717) is 6.04 Å². The van der Waals surface area contributed by atoms with Gasteiger partial charge in [0.2, 0.25) is 5.82 Å². The maximum atomic E-state index is 12.0. The summed E-state index contributed by atoms with van der Waals surface area (Å²) in [7, 11) is 1.59. The molecule has 1 saturated heterocycles. The molecule has 8 heteroatoms. The van der Waals surface area contributed by atoms with Gasteiger partial charge in [0.05, 0.1) is 0 Å². The van der Waals surface area contributed by atoms with Gasteiger partial charge in [-0.05, 0) is 32.4 Å². The number of pyridine rings is 1. The number of hydrogen-bond donors (Lipinski definition) is 3. The molecule has 3 aromatic heterocycles. The van der Waals surface area contributed by atoms with Crippen molar-refractivity contribution in [2.24, 2.45) is 0 Å². The van der Waals surface area contributed by atoms with Crippen molar-refractivity contribution in [3.8, 4) is 0 Å².